The van der Waals surface area contributed by atoms with Gasteiger partial charge in [-0.3, -0.25) is 4.79 Å². The number of carbonyl (C=O) groups is 1. The van der Waals surface area contributed by atoms with Crippen molar-refractivity contribution in [1.29, 1.82) is 0 Å². The van der Waals surface area contributed by atoms with Crippen LogP contribution in [0.3, 0.4) is 0 Å². The van der Waals surface area contributed by atoms with Crippen LogP contribution in [0.25, 0.3) is 0 Å². The molecular formula is C17H18N2OS. The van der Waals surface area contributed by atoms with Gasteiger partial charge in [0.25, 0.3) is 5.91 Å². The van der Waals surface area contributed by atoms with Crippen LogP contribution in [0, 0.1) is 18.8 Å². The normalized spacial score (nSPS) is 11.4. The van der Waals surface area contributed by atoms with Gasteiger partial charge >= 0.3 is 0 Å². The summed E-state index contributed by atoms with van der Waals surface area (Å²) in [5, 5.41) is 5.02. The zero-order valence-electron chi connectivity index (χ0n) is 12.1. The van der Waals surface area contributed by atoms with Crippen LogP contribution >= 0.6 is 11.3 Å². The largest absolute Gasteiger partial charge is 0.345 e. The highest BCUT2D eigenvalue weighted by atomic mass is 32.1. The minimum absolute atomic E-state index is 0.0201. The van der Waals surface area contributed by atoms with E-state index in [1.807, 2.05) is 49.6 Å². The lowest BCUT2D eigenvalue weighted by Crippen LogP contribution is -2.27. The Morgan fingerprint density at radius 1 is 1.43 bits per heavy atom. The molecule has 0 saturated carbocycles. The van der Waals surface area contributed by atoms with Crippen LogP contribution in [0.1, 0.15) is 39.3 Å². The molecular weight excluding hydrogens is 280 g/mol. The predicted molar refractivity (Wildman–Crippen MR) is 87.3 cm³/mol. The third-order valence-corrected chi connectivity index (χ3v) is 4.12. The number of thiophene rings is 1. The zero-order valence-corrected chi connectivity index (χ0v) is 13.0. The van der Waals surface area contributed by atoms with Gasteiger partial charge in [-0.2, -0.15) is 0 Å². The van der Waals surface area contributed by atoms with E-state index < -0.39 is 0 Å². The Kier molecular flexibility index (Phi) is 5.15. The Balaban J connectivity index is 2.24. The summed E-state index contributed by atoms with van der Waals surface area (Å²) in [7, 11) is 0. The molecule has 108 valence electrons. The van der Waals surface area contributed by atoms with Gasteiger partial charge in [-0.1, -0.05) is 29.5 Å². The summed E-state index contributed by atoms with van der Waals surface area (Å²) in [5.41, 5.74) is 7.74. The first-order valence-electron chi connectivity index (χ1n) is 6.75. The van der Waals surface area contributed by atoms with Crippen molar-refractivity contribution in [3.8, 4) is 11.8 Å². The Morgan fingerprint density at radius 2 is 2.24 bits per heavy atom. The van der Waals surface area contributed by atoms with Gasteiger partial charge < -0.3 is 11.1 Å². The van der Waals surface area contributed by atoms with E-state index in [4.69, 9.17) is 5.73 Å². The first-order valence-corrected chi connectivity index (χ1v) is 7.63. The van der Waals surface area contributed by atoms with E-state index in [1.54, 1.807) is 11.3 Å². The summed E-state index contributed by atoms with van der Waals surface area (Å²) in [4.78, 5) is 13.6. The maximum absolute atomic E-state index is 12.5. The van der Waals surface area contributed by atoms with E-state index >= 15 is 0 Å². The molecule has 21 heavy (non-hydrogen) atoms. The third-order valence-electron chi connectivity index (χ3n) is 3.06. The quantitative estimate of drug-likeness (QED) is 0.856. The van der Waals surface area contributed by atoms with Gasteiger partial charge in [0.05, 0.1) is 18.2 Å². The Labute approximate surface area is 129 Å². The van der Waals surface area contributed by atoms with Crippen LogP contribution in [0.4, 0.5) is 0 Å². The second-order valence-corrected chi connectivity index (χ2v) is 5.74. The molecule has 0 radical (unpaired) electrons. The number of carbonyl (C=O) groups excluding carboxylic acids is 1. The fraction of sp³-hybridized carbons (Fsp3) is 0.235. The first-order chi connectivity index (χ1) is 10.1. The van der Waals surface area contributed by atoms with Crippen molar-refractivity contribution in [3.63, 3.8) is 0 Å². The van der Waals surface area contributed by atoms with E-state index in [1.165, 1.54) is 0 Å². The smallest absolute Gasteiger partial charge is 0.253 e. The molecule has 0 aliphatic heterocycles. The van der Waals surface area contributed by atoms with Gasteiger partial charge in [-0.25, -0.2) is 0 Å². The Morgan fingerprint density at radius 3 is 2.90 bits per heavy atom. The van der Waals surface area contributed by atoms with Gasteiger partial charge in [0.15, 0.2) is 0 Å². The summed E-state index contributed by atoms with van der Waals surface area (Å²) < 4.78 is 0. The van der Waals surface area contributed by atoms with Crippen molar-refractivity contribution in [3.05, 3.63) is 57.3 Å². The van der Waals surface area contributed by atoms with Gasteiger partial charge in [-0.05, 0) is 37.4 Å². The highest BCUT2D eigenvalue weighted by Crippen LogP contribution is 2.19. The lowest BCUT2D eigenvalue weighted by Gasteiger charge is -2.13. The maximum Gasteiger partial charge on any atom is 0.253 e. The number of aryl methyl sites for hydroxylation is 1. The number of amides is 1. The van der Waals surface area contributed by atoms with E-state index in [0.29, 0.717) is 11.1 Å². The van der Waals surface area contributed by atoms with E-state index in [9.17, 15) is 4.79 Å². The average molecular weight is 298 g/mol. The van der Waals surface area contributed by atoms with E-state index in [-0.39, 0.29) is 18.5 Å². The molecule has 0 aliphatic rings. The lowest BCUT2D eigenvalue weighted by atomic mass is 10.0. The van der Waals surface area contributed by atoms with Crippen molar-refractivity contribution in [2.45, 2.75) is 19.9 Å². The molecule has 3 N–H and O–H groups in total. The second kappa shape index (κ2) is 7.07. The van der Waals surface area contributed by atoms with Crippen molar-refractivity contribution < 1.29 is 4.79 Å². The van der Waals surface area contributed by atoms with Gasteiger partial charge in [0, 0.05) is 10.4 Å². The van der Waals surface area contributed by atoms with Crippen LogP contribution in [0.5, 0.6) is 0 Å². The fourth-order valence-electron chi connectivity index (χ4n) is 1.98. The molecule has 1 heterocycles. The molecule has 2 aromatic rings. The number of nitrogens with one attached hydrogen (secondary N) is 1. The molecule has 1 unspecified atom stereocenters. The topological polar surface area (TPSA) is 55.1 Å². The molecule has 2 rings (SSSR count). The van der Waals surface area contributed by atoms with Crippen molar-refractivity contribution in [2.75, 3.05) is 6.54 Å². The van der Waals surface area contributed by atoms with Gasteiger partial charge in [-0.15, -0.1) is 11.3 Å². The highest BCUT2D eigenvalue weighted by Gasteiger charge is 2.15. The minimum Gasteiger partial charge on any atom is -0.345 e. The Bertz CT molecular complexity index is 681. The number of benzene rings is 1. The van der Waals surface area contributed by atoms with Gasteiger partial charge in [0.2, 0.25) is 0 Å². The molecule has 4 heteroatoms. The third kappa shape index (κ3) is 3.94. The standard InChI is InChI=1S/C17H18N2OS/c1-12-7-8-14(5-3-9-18)15(11-12)17(20)19-13(2)16-6-4-10-21-16/h4,6-8,10-11,13H,9,18H2,1-2H3,(H,19,20). The second-order valence-electron chi connectivity index (χ2n) is 4.77. The monoisotopic (exact) mass is 298 g/mol. The van der Waals surface area contributed by atoms with Crippen LogP contribution in [0.15, 0.2) is 35.7 Å². The van der Waals surface area contributed by atoms with Crippen LogP contribution < -0.4 is 11.1 Å². The molecule has 0 aliphatic carbocycles. The van der Waals surface area contributed by atoms with E-state index in [0.717, 1.165) is 10.4 Å². The summed E-state index contributed by atoms with van der Waals surface area (Å²) in [6.07, 6.45) is 0. The lowest BCUT2D eigenvalue weighted by molar-refractivity contribution is 0.0940. The van der Waals surface area contributed by atoms with Crippen molar-refractivity contribution in [2.24, 2.45) is 5.73 Å². The fourth-order valence-corrected chi connectivity index (χ4v) is 2.72. The van der Waals surface area contributed by atoms with Crippen molar-refractivity contribution in [1.82, 2.24) is 5.32 Å². The molecule has 1 aromatic heterocycles. The SMILES string of the molecule is Cc1ccc(C#CCN)c(C(=O)NC(C)c2cccs2)c1. The molecule has 0 saturated heterocycles. The average Bonchev–Trinajstić information content (AvgIpc) is 3.00. The minimum atomic E-state index is -0.110. The van der Waals surface area contributed by atoms with Crippen LogP contribution in [-0.2, 0) is 0 Å². The predicted octanol–water partition coefficient (Wildman–Crippen LogP) is 2.86. The highest BCUT2D eigenvalue weighted by molar-refractivity contribution is 7.10. The zero-order chi connectivity index (χ0) is 15.2. The molecule has 3 nitrogen and oxygen atoms in total. The molecule has 0 bridgehead atoms. The summed E-state index contributed by atoms with van der Waals surface area (Å²) in [6, 6.07) is 9.64. The number of rotatable bonds is 3. The molecule has 1 atom stereocenters. The number of hydrogen-bond acceptors (Lipinski definition) is 3. The van der Waals surface area contributed by atoms with Crippen LogP contribution in [-0.4, -0.2) is 12.5 Å². The summed E-state index contributed by atoms with van der Waals surface area (Å²) in [6.45, 7) is 4.21. The number of hydrogen-bond donors (Lipinski definition) is 2. The van der Waals surface area contributed by atoms with Gasteiger partial charge in [0.1, 0.15) is 0 Å². The molecule has 0 spiro atoms. The van der Waals surface area contributed by atoms with Crippen LogP contribution in [0.2, 0.25) is 0 Å². The molecule has 1 aromatic carbocycles. The van der Waals surface area contributed by atoms with Crippen molar-refractivity contribution >= 4 is 17.2 Å². The maximum atomic E-state index is 12.5. The molecule has 1 amide bonds. The Hall–Kier alpha value is -2.09. The number of nitrogens with two attached hydrogens (primary N) is 1. The summed E-state index contributed by atoms with van der Waals surface area (Å²) in [5.74, 6) is 5.65. The van der Waals surface area contributed by atoms with E-state index in [2.05, 4.69) is 17.2 Å². The molecule has 0 fully saturated rings. The summed E-state index contributed by atoms with van der Waals surface area (Å²) >= 11 is 1.63. The first kappa shape index (κ1) is 15.3.